The maximum atomic E-state index is 5.86. The van der Waals surface area contributed by atoms with Gasteiger partial charge in [0.15, 0.2) is 5.13 Å². The van der Waals surface area contributed by atoms with E-state index in [9.17, 15) is 0 Å². The monoisotopic (exact) mass is 368 g/mol. The number of benzene rings is 1. The number of nitrogens with one attached hydrogen (secondary N) is 1. The minimum absolute atomic E-state index is 0. The number of halogens is 2. The standard InChI is InChI=1S/C13H9ClN4S.BrH/c14-10-4-2-9(3-5-10)11-8-19-13(17-11)18-12-15-6-1-7-16-12;/h1-8H,(H,15,16,17,18);1H. The summed E-state index contributed by atoms with van der Waals surface area (Å²) >= 11 is 7.37. The van der Waals surface area contributed by atoms with Crippen LogP contribution in [0.1, 0.15) is 0 Å². The van der Waals surface area contributed by atoms with Gasteiger partial charge in [-0.25, -0.2) is 15.0 Å². The van der Waals surface area contributed by atoms with Crippen molar-refractivity contribution < 1.29 is 0 Å². The van der Waals surface area contributed by atoms with Gasteiger partial charge in [0.05, 0.1) is 5.69 Å². The number of anilines is 2. The molecule has 0 amide bonds. The van der Waals surface area contributed by atoms with Crippen LogP contribution in [0.15, 0.2) is 48.1 Å². The summed E-state index contributed by atoms with van der Waals surface area (Å²) in [5.41, 5.74) is 1.93. The third-order valence-electron chi connectivity index (χ3n) is 2.43. The summed E-state index contributed by atoms with van der Waals surface area (Å²) in [4.78, 5) is 12.7. The molecule has 7 heteroatoms. The van der Waals surface area contributed by atoms with E-state index < -0.39 is 0 Å². The quantitative estimate of drug-likeness (QED) is 0.734. The van der Waals surface area contributed by atoms with Crippen LogP contribution in [0.2, 0.25) is 5.02 Å². The van der Waals surface area contributed by atoms with Crippen molar-refractivity contribution in [3.05, 3.63) is 53.1 Å². The molecular weight excluding hydrogens is 360 g/mol. The van der Waals surface area contributed by atoms with Crippen LogP contribution in [-0.4, -0.2) is 15.0 Å². The van der Waals surface area contributed by atoms with Crippen molar-refractivity contribution in [3.63, 3.8) is 0 Å². The summed E-state index contributed by atoms with van der Waals surface area (Å²) in [6, 6.07) is 9.36. The molecule has 2 aromatic heterocycles. The summed E-state index contributed by atoms with van der Waals surface area (Å²) in [5.74, 6) is 0.541. The molecule has 0 aliphatic heterocycles. The third kappa shape index (κ3) is 3.53. The number of nitrogens with zero attached hydrogens (tertiary/aromatic N) is 3. The van der Waals surface area contributed by atoms with E-state index in [-0.39, 0.29) is 17.0 Å². The van der Waals surface area contributed by atoms with Crippen molar-refractivity contribution in [3.8, 4) is 11.3 Å². The summed E-state index contributed by atoms with van der Waals surface area (Å²) in [6.07, 6.45) is 3.37. The molecule has 1 aromatic carbocycles. The van der Waals surface area contributed by atoms with Crippen molar-refractivity contribution in [2.45, 2.75) is 0 Å². The summed E-state index contributed by atoms with van der Waals surface area (Å²) in [7, 11) is 0. The van der Waals surface area contributed by atoms with E-state index in [0.717, 1.165) is 21.4 Å². The molecule has 0 atom stereocenters. The zero-order chi connectivity index (χ0) is 13.1. The van der Waals surface area contributed by atoms with Gasteiger partial charge in [0.2, 0.25) is 5.95 Å². The molecule has 2 heterocycles. The van der Waals surface area contributed by atoms with E-state index in [2.05, 4.69) is 20.3 Å². The second-order valence-electron chi connectivity index (χ2n) is 3.74. The molecular formula is C13H10BrClN4S. The predicted octanol–water partition coefficient (Wildman–Crippen LogP) is 4.58. The van der Waals surface area contributed by atoms with Crippen LogP contribution in [0.3, 0.4) is 0 Å². The van der Waals surface area contributed by atoms with E-state index in [1.165, 1.54) is 11.3 Å². The van der Waals surface area contributed by atoms with Crippen LogP contribution in [0, 0.1) is 0 Å². The number of aromatic nitrogens is 3. The molecule has 3 aromatic rings. The first-order chi connectivity index (χ1) is 9.31. The van der Waals surface area contributed by atoms with Crippen LogP contribution < -0.4 is 5.32 Å². The molecule has 1 N–H and O–H groups in total. The molecule has 0 saturated carbocycles. The van der Waals surface area contributed by atoms with Crippen LogP contribution in [0.5, 0.6) is 0 Å². The van der Waals surface area contributed by atoms with Crippen molar-refractivity contribution in [1.29, 1.82) is 0 Å². The maximum absolute atomic E-state index is 5.86. The van der Waals surface area contributed by atoms with E-state index in [1.807, 2.05) is 29.6 Å². The number of rotatable bonds is 3. The smallest absolute Gasteiger partial charge is 0.228 e. The second-order valence-corrected chi connectivity index (χ2v) is 5.04. The zero-order valence-electron chi connectivity index (χ0n) is 10.2. The molecule has 0 radical (unpaired) electrons. The number of hydrogen-bond donors (Lipinski definition) is 1. The minimum Gasteiger partial charge on any atom is -0.300 e. The first-order valence-electron chi connectivity index (χ1n) is 5.57. The average molecular weight is 370 g/mol. The van der Waals surface area contributed by atoms with Crippen LogP contribution in [0.25, 0.3) is 11.3 Å². The SMILES string of the molecule is Br.Clc1ccc(-c2csc(Nc3ncccn3)n2)cc1. The fourth-order valence-corrected chi connectivity index (χ4v) is 2.38. The highest BCUT2D eigenvalue weighted by atomic mass is 79.9. The highest BCUT2D eigenvalue weighted by Gasteiger charge is 2.05. The van der Waals surface area contributed by atoms with Crippen molar-refractivity contribution in [2.24, 2.45) is 0 Å². The molecule has 0 saturated heterocycles. The van der Waals surface area contributed by atoms with Crippen molar-refractivity contribution in [1.82, 2.24) is 15.0 Å². The third-order valence-corrected chi connectivity index (χ3v) is 3.44. The Kier molecular flexibility index (Phi) is 5.05. The lowest BCUT2D eigenvalue weighted by Crippen LogP contribution is -1.94. The normalized spacial score (nSPS) is 9.85. The number of thiazole rings is 1. The molecule has 0 fully saturated rings. The molecule has 0 spiro atoms. The Hall–Kier alpha value is -1.50. The molecule has 4 nitrogen and oxygen atoms in total. The van der Waals surface area contributed by atoms with E-state index in [1.54, 1.807) is 18.5 Å². The molecule has 0 aliphatic carbocycles. The Morgan fingerprint density at radius 1 is 1.05 bits per heavy atom. The number of hydrogen-bond acceptors (Lipinski definition) is 5. The second kappa shape index (κ2) is 6.78. The fraction of sp³-hybridized carbons (Fsp3) is 0. The molecule has 102 valence electrons. The highest BCUT2D eigenvalue weighted by molar-refractivity contribution is 8.93. The average Bonchev–Trinajstić information content (AvgIpc) is 2.89. The first-order valence-corrected chi connectivity index (χ1v) is 6.82. The Morgan fingerprint density at radius 3 is 2.45 bits per heavy atom. The lowest BCUT2D eigenvalue weighted by atomic mass is 10.2. The van der Waals surface area contributed by atoms with Gasteiger partial charge in [0.25, 0.3) is 0 Å². The van der Waals surface area contributed by atoms with Gasteiger partial charge in [-0.1, -0.05) is 23.7 Å². The van der Waals surface area contributed by atoms with Gasteiger partial charge >= 0.3 is 0 Å². The Balaban J connectivity index is 0.00000147. The van der Waals surface area contributed by atoms with Crippen molar-refractivity contribution >= 4 is 51.0 Å². The Morgan fingerprint density at radius 2 is 1.75 bits per heavy atom. The lowest BCUT2D eigenvalue weighted by molar-refractivity contribution is 1.16. The molecule has 0 bridgehead atoms. The Bertz CT molecular complexity index is 672. The fourth-order valence-electron chi connectivity index (χ4n) is 1.54. The summed E-state index contributed by atoms with van der Waals surface area (Å²) < 4.78 is 0. The minimum atomic E-state index is 0. The Labute approximate surface area is 135 Å². The van der Waals surface area contributed by atoms with Gasteiger partial charge in [0.1, 0.15) is 0 Å². The van der Waals surface area contributed by atoms with Gasteiger partial charge in [-0.15, -0.1) is 28.3 Å². The van der Waals surface area contributed by atoms with Gasteiger partial charge in [-0.3, -0.25) is 0 Å². The van der Waals surface area contributed by atoms with Crippen LogP contribution >= 0.6 is 39.9 Å². The first kappa shape index (κ1) is 14.9. The van der Waals surface area contributed by atoms with Gasteiger partial charge in [-0.2, -0.15) is 0 Å². The predicted molar refractivity (Wildman–Crippen MR) is 88.2 cm³/mol. The van der Waals surface area contributed by atoms with Crippen LogP contribution in [0.4, 0.5) is 11.1 Å². The summed E-state index contributed by atoms with van der Waals surface area (Å²) in [5, 5.41) is 6.52. The maximum Gasteiger partial charge on any atom is 0.228 e. The molecule has 0 aliphatic rings. The highest BCUT2D eigenvalue weighted by Crippen LogP contribution is 2.26. The topological polar surface area (TPSA) is 50.7 Å². The molecule has 3 rings (SSSR count). The largest absolute Gasteiger partial charge is 0.300 e. The zero-order valence-corrected chi connectivity index (χ0v) is 13.4. The van der Waals surface area contributed by atoms with Gasteiger partial charge in [0, 0.05) is 28.4 Å². The van der Waals surface area contributed by atoms with E-state index in [0.29, 0.717) is 5.95 Å². The summed E-state index contributed by atoms with van der Waals surface area (Å²) in [6.45, 7) is 0. The van der Waals surface area contributed by atoms with Gasteiger partial charge < -0.3 is 5.32 Å². The van der Waals surface area contributed by atoms with Gasteiger partial charge in [-0.05, 0) is 18.2 Å². The molecule has 20 heavy (non-hydrogen) atoms. The lowest BCUT2D eigenvalue weighted by Gasteiger charge is -1.99. The van der Waals surface area contributed by atoms with E-state index in [4.69, 9.17) is 11.6 Å². The van der Waals surface area contributed by atoms with Crippen LogP contribution in [-0.2, 0) is 0 Å². The molecule has 0 unspecified atom stereocenters. The van der Waals surface area contributed by atoms with E-state index >= 15 is 0 Å². The van der Waals surface area contributed by atoms with Crippen molar-refractivity contribution in [2.75, 3.05) is 5.32 Å².